The van der Waals surface area contributed by atoms with Crippen LogP contribution in [0.25, 0.3) is 0 Å². The van der Waals surface area contributed by atoms with E-state index in [0.29, 0.717) is 5.92 Å². The molecule has 0 spiro atoms. The lowest BCUT2D eigenvalue weighted by Gasteiger charge is -2.12. The van der Waals surface area contributed by atoms with Gasteiger partial charge in [0, 0.05) is 28.1 Å². The van der Waals surface area contributed by atoms with Gasteiger partial charge in [-0.05, 0) is 31.4 Å². The van der Waals surface area contributed by atoms with Crippen molar-refractivity contribution >= 4 is 17.6 Å². The van der Waals surface area contributed by atoms with Gasteiger partial charge in [0.2, 0.25) is 0 Å². The Morgan fingerprint density at radius 2 is 2.43 bits per heavy atom. The number of allylic oxidation sites excluding steroid dienone is 1. The topological polar surface area (TPSA) is 12.4 Å². The van der Waals surface area contributed by atoms with Gasteiger partial charge in [0.25, 0.3) is 0 Å². The smallest absolute Gasteiger partial charge is 0.0230 e. The third kappa shape index (κ3) is 1.80. The minimum atomic E-state index is 0.571. The Labute approximate surface area is 89.2 Å². The van der Waals surface area contributed by atoms with Crippen LogP contribution in [0.3, 0.4) is 0 Å². The third-order valence-corrected chi connectivity index (χ3v) is 3.78. The van der Waals surface area contributed by atoms with E-state index >= 15 is 0 Å². The maximum Gasteiger partial charge on any atom is 0.0230 e. The Bertz CT molecular complexity index is 374. The van der Waals surface area contributed by atoms with Crippen molar-refractivity contribution in [2.24, 2.45) is 4.99 Å². The van der Waals surface area contributed by atoms with Gasteiger partial charge in [-0.1, -0.05) is 13.0 Å². The molecule has 0 radical (unpaired) electrons. The first-order valence-electron chi connectivity index (χ1n) is 5.08. The SMILES string of the molecule is CCc1cc(C)sc1C1C=CN=CC1. The standard InChI is InChI=1S/C12H15NS/c1-3-10-8-9(2)14-12(10)11-4-6-13-7-5-11/h4,6-8,11H,3,5H2,1-2H3. The van der Waals surface area contributed by atoms with Gasteiger partial charge in [0.15, 0.2) is 0 Å². The number of rotatable bonds is 2. The maximum absolute atomic E-state index is 4.11. The lowest BCUT2D eigenvalue weighted by molar-refractivity contribution is 0.889. The van der Waals surface area contributed by atoms with Gasteiger partial charge in [0.1, 0.15) is 0 Å². The third-order valence-electron chi connectivity index (χ3n) is 2.55. The van der Waals surface area contributed by atoms with Crippen molar-refractivity contribution in [3.63, 3.8) is 0 Å². The molecule has 0 fully saturated rings. The molecule has 1 aliphatic rings. The van der Waals surface area contributed by atoms with Gasteiger partial charge in [0.05, 0.1) is 0 Å². The monoisotopic (exact) mass is 205 g/mol. The van der Waals surface area contributed by atoms with E-state index < -0.39 is 0 Å². The van der Waals surface area contributed by atoms with Crippen LogP contribution < -0.4 is 0 Å². The summed E-state index contributed by atoms with van der Waals surface area (Å²) in [6.45, 7) is 4.42. The number of aryl methyl sites for hydroxylation is 2. The molecule has 2 rings (SSSR count). The van der Waals surface area contributed by atoms with Gasteiger partial charge in [-0.15, -0.1) is 11.3 Å². The molecular weight excluding hydrogens is 190 g/mol. The molecule has 0 amide bonds. The summed E-state index contributed by atoms with van der Waals surface area (Å²) in [4.78, 5) is 7.07. The van der Waals surface area contributed by atoms with Crippen molar-refractivity contribution < 1.29 is 0 Å². The molecule has 1 atom stereocenters. The molecule has 0 aromatic carbocycles. The summed E-state index contributed by atoms with van der Waals surface area (Å²) < 4.78 is 0. The number of thiophene rings is 1. The zero-order valence-electron chi connectivity index (χ0n) is 8.66. The quantitative estimate of drug-likeness (QED) is 0.698. The first-order chi connectivity index (χ1) is 6.81. The average molecular weight is 205 g/mol. The van der Waals surface area contributed by atoms with Crippen molar-refractivity contribution in [1.82, 2.24) is 0 Å². The fraction of sp³-hybridized carbons (Fsp3) is 0.417. The van der Waals surface area contributed by atoms with Crippen LogP contribution in [0.4, 0.5) is 0 Å². The van der Waals surface area contributed by atoms with Crippen LogP contribution in [0.15, 0.2) is 23.3 Å². The highest BCUT2D eigenvalue weighted by Gasteiger charge is 2.15. The Balaban J connectivity index is 2.30. The molecule has 0 saturated heterocycles. The van der Waals surface area contributed by atoms with Crippen LogP contribution in [0.1, 0.15) is 34.6 Å². The second-order valence-corrected chi connectivity index (χ2v) is 4.90. The Morgan fingerprint density at radius 3 is 3.07 bits per heavy atom. The minimum Gasteiger partial charge on any atom is -0.269 e. The molecule has 0 saturated carbocycles. The first-order valence-corrected chi connectivity index (χ1v) is 5.90. The fourth-order valence-electron chi connectivity index (χ4n) is 1.84. The molecule has 2 heterocycles. The highest BCUT2D eigenvalue weighted by Crippen LogP contribution is 2.33. The zero-order valence-corrected chi connectivity index (χ0v) is 9.47. The zero-order chi connectivity index (χ0) is 9.97. The van der Waals surface area contributed by atoms with Crippen molar-refractivity contribution in [1.29, 1.82) is 0 Å². The normalized spacial score (nSPS) is 20.3. The van der Waals surface area contributed by atoms with Crippen LogP contribution in [0.5, 0.6) is 0 Å². The molecular formula is C12H15NS. The summed E-state index contributed by atoms with van der Waals surface area (Å²) in [5.41, 5.74) is 1.51. The van der Waals surface area contributed by atoms with Crippen molar-refractivity contribution in [3.05, 3.63) is 33.7 Å². The molecule has 1 nitrogen and oxygen atoms in total. The van der Waals surface area contributed by atoms with E-state index in [-0.39, 0.29) is 0 Å². The highest BCUT2D eigenvalue weighted by atomic mass is 32.1. The van der Waals surface area contributed by atoms with E-state index in [1.165, 1.54) is 15.3 Å². The minimum absolute atomic E-state index is 0.571. The van der Waals surface area contributed by atoms with Gasteiger partial charge in [-0.2, -0.15) is 0 Å². The number of hydrogen-bond donors (Lipinski definition) is 0. The number of hydrogen-bond acceptors (Lipinski definition) is 2. The summed E-state index contributed by atoms with van der Waals surface area (Å²) in [5.74, 6) is 0.571. The lowest BCUT2D eigenvalue weighted by Crippen LogP contribution is -1.99. The highest BCUT2D eigenvalue weighted by molar-refractivity contribution is 7.12. The fourth-order valence-corrected chi connectivity index (χ4v) is 3.05. The van der Waals surface area contributed by atoms with Gasteiger partial charge < -0.3 is 0 Å². The molecule has 74 valence electrons. The van der Waals surface area contributed by atoms with Crippen LogP contribution in [-0.4, -0.2) is 6.21 Å². The number of nitrogens with zero attached hydrogens (tertiary/aromatic N) is 1. The van der Waals surface area contributed by atoms with Gasteiger partial charge >= 0.3 is 0 Å². The van der Waals surface area contributed by atoms with Crippen molar-refractivity contribution in [2.45, 2.75) is 32.6 Å². The molecule has 0 aliphatic carbocycles. The molecule has 14 heavy (non-hydrogen) atoms. The molecule has 1 aliphatic heterocycles. The second-order valence-electron chi connectivity index (χ2n) is 3.62. The van der Waals surface area contributed by atoms with Gasteiger partial charge in [-0.3, -0.25) is 4.99 Å². The lowest BCUT2D eigenvalue weighted by atomic mass is 9.98. The summed E-state index contributed by atoms with van der Waals surface area (Å²) in [5, 5.41) is 0. The van der Waals surface area contributed by atoms with Gasteiger partial charge in [-0.25, -0.2) is 0 Å². The summed E-state index contributed by atoms with van der Waals surface area (Å²) in [6, 6.07) is 2.32. The Morgan fingerprint density at radius 1 is 1.57 bits per heavy atom. The Hall–Kier alpha value is -0.890. The molecule has 2 heteroatoms. The van der Waals surface area contributed by atoms with E-state index in [0.717, 1.165) is 12.8 Å². The second kappa shape index (κ2) is 4.09. The van der Waals surface area contributed by atoms with Crippen LogP contribution in [-0.2, 0) is 6.42 Å². The average Bonchev–Trinajstić information content (AvgIpc) is 2.61. The van der Waals surface area contributed by atoms with E-state index in [1.54, 1.807) is 0 Å². The summed E-state index contributed by atoms with van der Waals surface area (Å²) in [7, 11) is 0. The molecule has 1 aromatic heterocycles. The van der Waals surface area contributed by atoms with E-state index in [4.69, 9.17) is 0 Å². The summed E-state index contributed by atoms with van der Waals surface area (Å²) >= 11 is 1.93. The molecule has 0 N–H and O–H groups in total. The number of aliphatic imine (C=N–C) groups is 1. The predicted molar refractivity (Wildman–Crippen MR) is 63.4 cm³/mol. The largest absolute Gasteiger partial charge is 0.269 e. The van der Waals surface area contributed by atoms with E-state index in [2.05, 4.69) is 31.0 Å². The Kier molecular flexibility index (Phi) is 2.82. The van der Waals surface area contributed by atoms with Crippen molar-refractivity contribution in [2.75, 3.05) is 0 Å². The predicted octanol–water partition coefficient (Wildman–Crippen LogP) is 3.69. The van der Waals surface area contributed by atoms with Crippen LogP contribution in [0.2, 0.25) is 0 Å². The van der Waals surface area contributed by atoms with E-state index in [1.807, 2.05) is 23.8 Å². The first kappa shape index (κ1) is 9.66. The molecule has 0 bridgehead atoms. The van der Waals surface area contributed by atoms with Crippen LogP contribution >= 0.6 is 11.3 Å². The van der Waals surface area contributed by atoms with Crippen molar-refractivity contribution in [3.8, 4) is 0 Å². The molecule has 1 unspecified atom stereocenters. The van der Waals surface area contributed by atoms with E-state index in [9.17, 15) is 0 Å². The maximum atomic E-state index is 4.11. The summed E-state index contributed by atoms with van der Waals surface area (Å²) in [6.07, 6.45) is 8.34. The van der Waals surface area contributed by atoms with Crippen LogP contribution in [0, 0.1) is 6.92 Å². The molecule has 1 aromatic rings.